The van der Waals surface area contributed by atoms with Gasteiger partial charge in [0.25, 0.3) is 0 Å². The minimum absolute atomic E-state index is 0. The van der Waals surface area contributed by atoms with Gasteiger partial charge in [-0.25, -0.2) is 0 Å². The molecule has 1 aromatic rings. The van der Waals surface area contributed by atoms with Crippen molar-refractivity contribution in [3.05, 3.63) is 35.4 Å². The zero-order chi connectivity index (χ0) is 15.1. The number of aliphatic imine (C=N–C) groups is 1. The highest BCUT2D eigenvalue weighted by Crippen LogP contribution is 2.24. The summed E-state index contributed by atoms with van der Waals surface area (Å²) in [6.45, 7) is 4.64. The van der Waals surface area contributed by atoms with Gasteiger partial charge in [-0.2, -0.15) is 0 Å². The summed E-state index contributed by atoms with van der Waals surface area (Å²) >= 11 is 0. The van der Waals surface area contributed by atoms with Gasteiger partial charge in [-0.05, 0) is 24.5 Å². The Labute approximate surface area is 149 Å². The molecule has 1 heterocycles. The molecule has 0 bridgehead atoms. The van der Waals surface area contributed by atoms with Gasteiger partial charge >= 0.3 is 0 Å². The molecule has 0 saturated carbocycles. The average molecular weight is 421 g/mol. The fourth-order valence-electron chi connectivity index (χ4n) is 2.58. The lowest BCUT2D eigenvalue weighted by molar-refractivity contribution is -0.00831. The first-order valence-electron chi connectivity index (χ1n) is 7.45. The van der Waals surface area contributed by atoms with E-state index in [1.807, 2.05) is 12.1 Å². The molecule has 22 heavy (non-hydrogen) atoms. The Bertz CT molecular complexity index is 484. The van der Waals surface area contributed by atoms with Crippen molar-refractivity contribution in [3.8, 4) is 0 Å². The van der Waals surface area contributed by atoms with Gasteiger partial charge in [0.15, 0.2) is 5.96 Å². The quantitative estimate of drug-likeness (QED) is 0.352. The van der Waals surface area contributed by atoms with Crippen molar-refractivity contribution in [1.82, 2.24) is 10.2 Å². The van der Waals surface area contributed by atoms with E-state index in [1.54, 1.807) is 7.05 Å². The Morgan fingerprint density at radius 3 is 2.91 bits per heavy atom. The molecule has 4 nitrogen and oxygen atoms in total. The predicted octanol–water partition coefficient (Wildman–Crippen LogP) is 2.92. The molecule has 1 fully saturated rings. The molecule has 1 saturated heterocycles. The molecule has 124 valence electrons. The first kappa shape index (κ1) is 19.2. The number of ether oxygens (including phenoxy) is 1. The Kier molecular flexibility index (Phi) is 8.70. The van der Waals surface area contributed by atoms with Gasteiger partial charge in [-0.3, -0.25) is 9.38 Å². The zero-order valence-electron chi connectivity index (χ0n) is 13.2. The lowest BCUT2D eigenvalue weighted by Gasteiger charge is -2.35. The molecule has 0 aliphatic carbocycles. The van der Waals surface area contributed by atoms with Crippen molar-refractivity contribution >= 4 is 29.9 Å². The van der Waals surface area contributed by atoms with E-state index >= 15 is 0 Å². The number of aryl methyl sites for hydroxylation is 1. The molecule has 0 amide bonds. The Morgan fingerprint density at radius 2 is 2.23 bits per heavy atom. The van der Waals surface area contributed by atoms with E-state index in [4.69, 9.17) is 4.74 Å². The van der Waals surface area contributed by atoms with Crippen LogP contribution in [-0.2, 0) is 4.74 Å². The average Bonchev–Trinajstić information content (AvgIpc) is 2.52. The number of halogens is 2. The summed E-state index contributed by atoms with van der Waals surface area (Å²) < 4.78 is 18.1. The van der Waals surface area contributed by atoms with Crippen molar-refractivity contribution < 1.29 is 9.13 Å². The highest BCUT2D eigenvalue weighted by molar-refractivity contribution is 14.0. The number of benzene rings is 1. The van der Waals surface area contributed by atoms with E-state index in [1.165, 1.54) is 11.1 Å². The maximum atomic E-state index is 12.2. The monoisotopic (exact) mass is 421 g/mol. The fraction of sp³-hybridized carbons (Fsp3) is 0.562. The van der Waals surface area contributed by atoms with Gasteiger partial charge in [0, 0.05) is 20.1 Å². The molecule has 1 aromatic carbocycles. The number of rotatable bonds is 4. The van der Waals surface area contributed by atoms with Gasteiger partial charge in [0.2, 0.25) is 0 Å². The summed E-state index contributed by atoms with van der Waals surface area (Å²) in [6.07, 6.45) is 0.560. The molecule has 0 radical (unpaired) electrons. The number of hydrogen-bond donors (Lipinski definition) is 1. The Balaban J connectivity index is 0.00000242. The molecule has 0 aromatic heterocycles. The topological polar surface area (TPSA) is 36.9 Å². The van der Waals surface area contributed by atoms with Gasteiger partial charge in [-0.15, -0.1) is 24.0 Å². The Morgan fingerprint density at radius 1 is 1.45 bits per heavy atom. The van der Waals surface area contributed by atoms with Crippen LogP contribution in [0.4, 0.5) is 4.39 Å². The largest absolute Gasteiger partial charge is 0.370 e. The van der Waals surface area contributed by atoms with Crippen molar-refractivity contribution in [2.24, 2.45) is 4.99 Å². The minimum Gasteiger partial charge on any atom is -0.370 e. The minimum atomic E-state index is -0.307. The van der Waals surface area contributed by atoms with E-state index < -0.39 is 0 Å². The van der Waals surface area contributed by atoms with Crippen molar-refractivity contribution in [3.63, 3.8) is 0 Å². The van der Waals surface area contributed by atoms with E-state index in [-0.39, 0.29) is 36.8 Å². The second-order valence-corrected chi connectivity index (χ2v) is 5.18. The van der Waals surface area contributed by atoms with Crippen LogP contribution in [-0.4, -0.2) is 50.8 Å². The number of hydrogen-bond acceptors (Lipinski definition) is 2. The van der Waals surface area contributed by atoms with Crippen LogP contribution in [0, 0.1) is 6.92 Å². The van der Waals surface area contributed by atoms with E-state index in [0.717, 1.165) is 19.0 Å². The number of alkyl halides is 1. The van der Waals surface area contributed by atoms with Crippen LogP contribution in [0.1, 0.15) is 23.7 Å². The van der Waals surface area contributed by atoms with Crippen LogP contribution in [0.25, 0.3) is 0 Å². The summed E-state index contributed by atoms with van der Waals surface area (Å²) in [4.78, 5) is 6.47. The number of nitrogens with one attached hydrogen (secondary N) is 1. The number of morpholine rings is 1. The summed E-state index contributed by atoms with van der Waals surface area (Å²) in [5.41, 5.74) is 2.46. The number of nitrogens with zero attached hydrogens (tertiary/aromatic N) is 2. The van der Waals surface area contributed by atoms with Crippen LogP contribution in [0.3, 0.4) is 0 Å². The molecule has 0 spiro atoms. The van der Waals surface area contributed by atoms with Gasteiger partial charge in [0.05, 0.1) is 19.8 Å². The third-order valence-electron chi connectivity index (χ3n) is 3.71. The normalized spacial score (nSPS) is 18.8. The molecule has 1 atom stereocenters. The molecule has 6 heteroatoms. The Hall–Kier alpha value is -0.890. The van der Waals surface area contributed by atoms with Gasteiger partial charge in [-0.1, -0.05) is 24.3 Å². The predicted molar refractivity (Wildman–Crippen MR) is 98.8 cm³/mol. The van der Waals surface area contributed by atoms with Crippen LogP contribution in [0.15, 0.2) is 29.3 Å². The van der Waals surface area contributed by atoms with Gasteiger partial charge in [0.1, 0.15) is 6.10 Å². The lowest BCUT2D eigenvalue weighted by atomic mass is 10.0. The van der Waals surface area contributed by atoms with E-state index in [9.17, 15) is 4.39 Å². The van der Waals surface area contributed by atoms with Crippen LogP contribution in [0.2, 0.25) is 0 Å². The molecule has 1 N–H and O–H groups in total. The van der Waals surface area contributed by atoms with Crippen LogP contribution >= 0.6 is 24.0 Å². The van der Waals surface area contributed by atoms with Crippen LogP contribution < -0.4 is 5.32 Å². The lowest BCUT2D eigenvalue weighted by Crippen LogP contribution is -2.48. The molecule has 1 aliphatic heterocycles. The highest BCUT2D eigenvalue weighted by Gasteiger charge is 2.24. The first-order chi connectivity index (χ1) is 10.3. The number of guanidine groups is 1. The molecule has 1 aliphatic rings. The third kappa shape index (κ3) is 5.08. The molecular weight excluding hydrogens is 396 g/mol. The second-order valence-electron chi connectivity index (χ2n) is 5.18. The van der Waals surface area contributed by atoms with Crippen molar-refractivity contribution in [2.75, 3.05) is 40.0 Å². The first-order valence-corrected chi connectivity index (χ1v) is 7.45. The summed E-state index contributed by atoms with van der Waals surface area (Å²) in [7, 11) is 1.76. The van der Waals surface area contributed by atoms with E-state index in [0.29, 0.717) is 19.6 Å². The summed E-state index contributed by atoms with van der Waals surface area (Å²) in [5, 5.41) is 3.21. The van der Waals surface area contributed by atoms with Crippen LogP contribution in [0.5, 0.6) is 0 Å². The van der Waals surface area contributed by atoms with E-state index in [2.05, 4.69) is 34.3 Å². The zero-order valence-corrected chi connectivity index (χ0v) is 15.5. The SMILES string of the molecule is CN=C(NCCCF)N1CCOC(c2ccccc2C)C1.I. The highest BCUT2D eigenvalue weighted by atomic mass is 127. The molecular formula is C16H25FIN3O. The second kappa shape index (κ2) is 9.99. The fourth-order valence-corrected chi connectivity index (χ4v) is 2.58. The standard InChI is InChI=1S/C16H24FN3O.HI/c1-13-6-3-4-7-14(13)15-12-20(10-11-21-15)16(18-2)19-9-5-8-17;/h3-4,6-7,15H,5,8-12H2,1-2H3,(H,18,19);1H. The maximum Gasteiger partial charge on any atom is 0.193 e. The third-order valence-corrected chi connectivity index (χ3v) is 3.71. The molecule has 1 unspecified atom stereocenters. The van der Waals surface area contributed by atoms with Crippen molar-refractivity contribution in [1.29, 1.82) is 0 Å². The summed E-state index contributed by atoms with van der Waals surface area (Å²) in [5.74, 6) is 0.824. The van der Waals surface area contributed by atoms with Crippen molar-refractivity contribution in [2.45, 2.75) is 19.4 Å². The summed E-state index contributed by atoms with van der Waals surface area (Å²) in [6, 6.07) is 8.30. The molecule has 2 rings (SSSR count). The smallest absolute Gasteiger partial charge is 0.193 e. The van der Waals surface area contributed by atoms with Gasteiger partial charge < -0.3 is 15.0 Å². The maximum absolute atomic E-state index is 12.2.